The lowest BCUT2D eigenvalue weighted by molar-refractivity contribution is -0.132. The molecule has 20 heavy (non-hydrogen) atoms. The highest BCUT2D eigenvalue weighted by molar-refractivity contribution is 5.84. The molecule has 1 fully saturated rings. The van der Waals surface area contributed by atoms with Crippen LogP contribution in [0.25, 0.3) is 0 Å². The van der Waals surface area contributed by atoms with Crippen molar-refractivity contribution in [3.05, 3.63) is 35.4 Å². The molecule has 2 unspecified atom stereocenters. The van der Waals surface area contributed by atoms with Crippen molar-refractivity contribution < 1.29 is 9.53 Å². The summed E-state index contributed by atoms with van der Waals surface area (Å²) < 4.78 is 5.71. The number of aryl methyl sites for hydroxylation is 1. The number of hydrogen-bond donors (Lipinski definition) is 0. The molecule has 0 N–H and O–H groups in total. The minimum atomic E-state index is -0.130. The van der Waals surface area contributed by atoms with Crippen LogP contribution >= 0.6 is 0 Å². The summed E-state index contributed by atoms with van der Waals surface area (Å²) in [6.07, 6.45) is 6.38. The molecule has 2 heteroatoms. The van der Waals surface area contributed by atoms with Gasteiger partial charge in [0, 0.05) is 13.0 Å². The van der Waals surface area contributed by atoms with E-state index in [1.54, 1.807) is 0 Å². The molecule has 0 bridgehead atoms. The van der Waals surface area contributed by atoms with E-state index in [0.717, 1.165) is 19.3 Å². The van der Waals surface area contributed by atoms with Crippen molar-refractivity contribution in [3.8, 4) is 0 Å². The lowest BCUT2D eigenvalue weighted by Crippen LogP contribution is -2.28. The van der Waals surface area contributed by atoms with Crippen LogP contribution in [0.5, 0.6) is 0 Å². The van der Waals surface area contributed by atoms with E-state index in [-0.39, 0.29) is 6.10 Å². The molecule has 0 radical (unpaired) electrons. The van der Waals surface area contributed by atoms with Gasteiger partial charge in [0.05, 0.1) is 0 Å². The van der Waals surface area contributed by atoms with Crippen LogP contribution in [-0.4, -0.2) is 18.5 Å². The number of Topliss-reactive ketones (excluding diaryl/α,β-unsaturated/α-hetero) is 1. The molecule has 0 aromatic heterocycles. The van der Waals surface area contributed by atoms with Gasteiger partial charge in [0.1, 0.15) is 6.10 Å². The Morgan fingerprint density at radius 3 is 2.85 bits per heavy atom. The summed E-state index contributed by atoms with van der Waals surface area (Å²) in [6, 6.07) is 8.63. The first-order valence-corrected chi connectivity index (χ1v) is 8.01. The van der Waals surface area contributed by atoms with Gasteiger partial charge in [0.15, 0.2) is 5.78 Å². The average Bonchev–Trinajstić information content (AvgIpc) is 3.29. The molecule has 0 heterocycles. The maximum atomic E-state index is 12.6. The van der Waals surface area contributed by atoms with Crippen LogP contribution in [0.1, 0.15) is 56.1 Å². The monoisotopic (exact) mass is 272 g/mol. The first-order valence-electron chi connectivity index (χ1n) is 8.01. The van der Waals surface area contributed by atoms with E-state index in [2.05, 4.69) is 24.3 Å². The van der Waals surface area contributed by atoms with E-state index in [1.807, 2.05) is 6.92 Å². The van der Waals surface area contributed by atoms with Crippen molar-refractivity contribution in [2.75, 3.05) is 6.61 Å². The van der Waals surface area contributed by atoms with Crippen LogP contribution in [-0.2, 0) is 16.0 Å². The smallest absolute Gasteiger partial charge is 0.162 e. The Morgan fingerprint density at radius 2 is 2.10 bits per heavy atom. The van der Waals surface area contributed by atoms with Gasteiger partial charge >= 0.3 is 0 Å². The molecule has 2 nitrogen and oxygen atoms in total. The van der Waals surface area contributed by atoms with Crippen molar-refractivity contribution in [3.63, 3.8) is 0 Å². The zero-order chi connectivity index (χ0) is 13.9. The Bertz CT molecular complexity index is 476. The molecule has 2 atom stereocenters. The molecule has 1 aromatic carbocycles. The second-order valence-electron chi connectivity index (χ2n) is 6.17. The average molecular weight is 272 g/mol. The standard InChI is InChI=1S/C18H24O2/c1-2-20-18(14-10-11-14)17(19)12-15-8-5-7-13-6-3-4-9-16(13)15/h3-4,6,9,14-15,18H,2,5,7-8,10-12H2,1H3. The summed E-state index contributed by atoms with van der Waals surface area (Å²) >= 11 is 0. The van der Waals surface area contributed by atoms with Crippen molar-refractivity contribution in [2.24, 2.45) is 5.92 Å². The summed E-state index contributed by atoms with van der Waals surface area (Å²) in [4.78, 5) is 12.6. The Morgan fingerprint density at radius 1 is 1.30 bits per heavy atom. The topological polar surface area (TPSA) is 26.3 Å². The zero-order valence-corrected chi connectivity index (χ0v) is 12.3. The number of ketones is 1. The summed E-state index contributed by atoms with van der Waals surface area (Å²) in [5.41, 5.74) is 2.84. The predicted octanol–water partition coefficient (Wildman–Crippen LogP) is 3.88. The summed E-state index contributed by atoms with van der Waals surface area (Å²) in [6.45, 7) is 2.63. The van der Waals surface area contributed by atoms with Crippen LogP contribution in [0.4, 0.5) is 0 Å². The molecule has 0 amide bonds. The number of fused-ring (bicyclic) bond motifs is 1. The number of carbonyl (C=O) groups excluding carboxylic acids is 1. The maximum absolute atomic E-state index is 12.6. The van der Waals surface area contributed by atoms with Crippen molar-refractivity contribution in [2.45, 2.75) is 57.5 Å². The number of carbonyl (C=O) groups is 1. The lowest BCUT2D eigenvalue weighted by atomic mass is 9.79. The van der Waals surface area contributed by atoms with E-state index >= 15 is 0 Å². The van der Waals surface area contributed by atoms with E-state index < -0.39 is 0 Å². The fourth-order valence-corrected chi connectivity index (χ4v) is 3.50. The highest BCUT2D eigenvalue weighted by atomic mass is 16.5. The number of benzene rings is 1. The number of ether oxygens (including phenoxy) is 1. The van der Waals surface area contributed by atoms with Crippen LogP contribution in [0.15, 0.2) is 24.3 Å². The van der Waals surface area contributed by atoms with Gasteiger partial charge in [-0.25, -0.2) is 0 Å². The van der Waals surface area contributed by atoms with Gasteiger partial charge in [-0.15, -0.1) is 0 Å². The zero-order valence-electron chi connectivity index (χ0n) is 12.3. The number of rotatable bonds is 6. The molecule has 0 aliphatic heterocycles. The Balaban J connectivity index is 1.70. The molecule has 108 valence electrons. The van der Waals surface area contributed by atoms with Crippen LogP contribution in [0.3, 0.4) is 0 Å². The fraction of sp³-hybridized carbons (Fsp3) is 0.611. The molecule has 1 saturated carbocycles. The van der Waals surface area contributed by atoms with Crippen LogP contribution in [0, 0.1) is 5.92 Å². The summed E-state index contributed by atoms with van der Waals surface area (Å²) in [5.74, 6) is 1.24. The van der Waals surface area contributed by atoms with Crippen molar-refractivity contribution in [1.29, 1.82) is 0 Å². The third-order valence-corrected chi connectivity index (χ3v) is 4.65. The van der Waals surface area contributed by atoms with E-state index in [9.17, 15) is 4.79 Å². The highest BCUT2D eigenvalue weighted by Crippen LogP contribution is 2.38. The summed E-state index contributed by atoms with van der Waals surface area (Å²) in [7, 11) is 0. The highest BCUT2D eigenvalue weighted by Gasteiger charge is 2.37. The third-order valence-electron chi connectivity index (χ3n) is 4.65. The van der Waals surface area contributed by atoms with Gasteiger partial charge in [-0.1, -0.05) is 24.3 Å². The molecule has 3 rings (SSSR count). The van der Waals surface area contributed by atoms with Gasteiger partial charge in [0.2, 0.25) is 0 Å². The second-order valence-corrected chi connectivity index (χ2v) is 6.17. The second kappa shape index (κ2) is 6.09. The Kier molecular flexibility index (Phi) is 4.21. The Labute approximate surface area is 121 Å². The first-order chi connectivity index (χ1) is 9.79. The Hall–Kier alpha value is -1.15. The minimum absolute atomic E-state index is 0.130. The maximum Gasteiger partial charge on any atom is 0.162 e. The largest absolute Gasteiger partial charge is 0.370 e. The van der Waals surface area contributed by atoms with Crippen LogP contribution < -0.4 is 0 Å². The molecule has 2 aliphatic rings. The molecular formula is C18H24O2. The first kappa shape index (κ1) is 13.8. The lowest BCUT2D eigenvalue weighted by Gasteiger charge is -2.26. The molecular weight excluding hydrogens is 248 g/mol. The summed E-state index contributed by atoms with van der Waals surface area (Å²) in [5, 5.41) is 0. The van der Waals surface area contributed by atoms with Gasteiger partial charge in [-0.3, -0.25) is 4.79 Å². The number of hydrogen-bond acceptors (Lipinski definition) is 2. The van der Waals surface area contributed by atoms with E-state index in [1.165, 1.54) is 24.0 Å². The predicted molar refractivity (Wildman–Crippen MR) is 79.9 cm³/mol. The van der Waals surface area contributed by atoms with E-state index in [4.69, 9.17) is 4.74 Å². The normalized spacial score (nSPS) is 23.1. The fourth-order valence-electron chi connectivity index (χ4n) is 3.50. The van der Waals surface area contributed by atoms with Crippen molar-refractivity contribution in [1.82, 2.24) is 0 Å². The van der Waals surface area contributed by atoms with Crippen LogP contribution in [0.2, 0.25) is 0 Å². The third kappa shape index (κ3) is 2.95. The molecule has 1 aromatic rings. The van der Waals surface area contributed by atoms with Crippen molar-refractivity contribution >= 4 is 5.78 Å². The van der Waals surface area contributed by atoms with Gasteiger partial charge < -0.3 is 4.74 Å². The molecule has 0 saturated heterocycles. The van der Waals surface area contributed by atoms with Gasteiger partial charge in [-0.2, -0.15) is 0 Å². The van der Waals surface area contributed by atoms with Gasteiger partial charge in [0.25, 0.3) is 0 Å². The minimum Gasteiger partial charge on any atom is -0.370 e. The van der Waals surface area contributed by atoms with E-state index in [0.29, 0.717) is 30.6 Å². The van der Waals surface area contributed by atoms with Gasteiger partial charge in [-0.05, 0) is 62.0 Å². The molecule has 0 spiro atoms. The SMILES string of the molecule is CCOC(C(=O)CC1CCCc2ccccc21)C1CC1. The quantitative estimate of drug-likeness (QED) is 0.785. The molecule has 2 aliphatic carbocycles.